The van der Waals surface area contributed by atoms with E-state index in [-0.39, 0.29) is 6.04 Å². The number of hydrogen-bond acceptors (Lipinski definition) is 4. The van der Waals surface area contributed by atoms with Crippen LogP contribution < -0.4 is 14.8 Å². The fourth-order valence-electron chi connectivity index (χ4n) is 2.54. The van der Waals surface area contributed by atoms with Gasteiger partial charge < -0.3 is 19.2 Å². The first-order valence-electron chi connectivity index (χ1n) is 7.00. The zero-order valence-corrected chi connectivity index (χ0v) is 12.9. The zero-order valence-electron chi connectivity index (χ0n) is 12.1. The Kier molecular flexibility index (Phi) is 4.08. The first-order chi connectivity index (χ1) is 10.2. The molecule has 5 heteroatoms. The van der Waals surface area contributed by atoms with Crippen molar-refractivity contribution in [3.63, 3.8) is 0 Å². The quantitative estimate of drug-likeness (QED) is 0.938. The average Bonchev–Trinajstić information content (AvgIpc) is 2.76. The van der Waals surface area contributed by atoms with Crippen LogP contribution in [0.4, 0.5) is 0 Å². The van der Waals surface area contributed by atoms with Gasteiger partial charge in [0.25, 0.3) is 0 Å². The first-order valence-corrected chi connectivity index (χ1v) is 7.38. The minimum atomic E-state index is -0.0490. The van der Waals surface area contributed by atoms with Crippen molar-refractivity contribution >= 4 is 11.6 Å². The predicted molar refractivity (Wildman–Crippen MR) is 81.4 cm³/mol. The van der Waals surface area contributed by atoms with E-state index < -0.39 is 0 Å². The summed E-state index contributed by atoms with van der Waals surface area (Å²) >= 11 is 6.44. The molecule has 1 aromatic carbocycles. The summed E-state index contributed by atoms with van der Waals surface area (Å²) in [5, 5.41) is 3.92. The number of nitrogens with one attached hydrogen (secondary N) is 1. The third-order valence-electron chi connectivity index (χ3n) is 3.55. The van der Waals surface area contributed by atoms with E-state index in [0.29, 0.717) is 24.0 Å². The molecular formula is C16H18ClNO3. The summed E-state index contributed by atoms with van der Waals surface area (Å²) in [6.07, 6.45) is 2.62. The van der Waals surface area contributed by atoms with Gasteiger partial charge in [-0.05, 0) is 31.7 Å². The van der Waals surface area contributed by atoms with Gasteiger partial charge in [0.2, 0.25) is 0 Å². The third-order valence-corrected chi connectivity index (χ3v) is 3.88. The Labute approximate surface area is 129 Å². The molecule has 4 nitrogen and oxygen atoms in total. The lowest BCUT2D eigenvalue weighted by molar-refractivity contribution is 0.297. The molecule has 21 heavy (non-hydrogen) atoms. The molecule has 0 aliphatic carbocycles. The Morgan fingerprint density at radius 3 is 2.48 bits per heavy atom. The summed E-state index contributed by atoms with van der Waals surface area (Å²) in [5.74, 6) is 2.32. The van der Waals surface area contributed by atoms with Crippen LogP contribution in [0.5, 0.6) is 11.5 Å². The maximum Gasteiger partial charge on any atom is 0.162 e. The standard InChI is InChI=1S/C16H18ClNO3/c1-10-6-11(9-21-10)16(18-2)12-7-14-15(8-13(12)17)20-5-3-4-19-14/h6-9,16,18H,3-5H2,1-2H3. The maximum atomic E-state index is 6.44. The minimum Gasteiger partial charge on any atom is -0.490 e. The van der Waals surface area contributed by atoms with Gasteiger partial charge in [-0.1, -0.05) is 11.6 Å². The van der Waals surface area contributed by atoms with Crippen LogP contribution in [-0.2, 0) is 0 Å². The number of benzene rings is 1. The SMILES string of the molecule is CNC(c1coc(C)c1)c1cc2c(cc1Cl)OCCCO2. The smallest absolute Gasteiger partial charge is 0.162 e. The molecule has 1 aromatic heterocycles. The molecule has 0 spiro atoms. The van der Waals surface area contributed by atoms with Gasteiger partial charge in [0, 0.05) is 23.1 Å². The first kappa shape index (κ1) is 14.3. The normalized spacial score (nSPS) is 15.6. The average molecular weight is 308 g/mol. The molecule has 0 radical (unpaired) electrons. The molecule has 3 rings (SSSR count). The Morgan fingerprint density at radius 2 is 1.86 bits per heavy atom. The molecule has 112 valence electrons. The van der Waals surface area contributed by atoms with Crippen molar-refractivity contribution < 1.29 is 13.9 Å². The van der Waals surface area contributed by atoms with Crippen LogP contribution in [0.3, 0.4) is 0 Å². The molecule has 1 atom stereocenters. The van der Waals surface area contributed by atoms with Crippen molar-refractivity contribution in [3.8, 4) is 11.5 Å². The second-order valence-corrected chi connectivity index (χ2v) is 5.49. The van der Waals surface area contributed by atoms with Crippen LogP contribution in [0.2, 0.25) is 5.02 Å². The van der Waals surface area contributed by atoms with Gasteiger partial charge in [-0.25, -0.2) is 0 Å². The van der Waals surface area contributed by atoms with Crippen molar-refractivity contribution in [2.24, 2.45) is 0 Å². The minimum absolute atomic E-state index is 0.0490. The van der Waals surface area contributed by atoms with Gasteiger partial charge in [-0.2, -0.15) is 0 Å². The van der Waals surface area contributed by atoms with Crippen LogP contribution >= 0.6 is 11.6 Å². The van der Waals surface area contributed by atoms with E-state index >= 15 is 0 Å². The summed E-state index contributed by atoms with van der Waals surface area (Å²) in [5.41, 5.74) is 1.98. The van der Waals surface area contributed by atoms with E-state index in [0.717, 1.165) is 29.1 Å². The van der Waals surface area contributed by atoms with Gasteiger partial charge in [0.15, 0.2) is 11.5 Å². The van der Waals surface area contributed by atoms with E-state index in [9.17, 15) is 0 Å². The highest BCUT2D eigenvalue weighted by Crippen LogP contribution is 2.39. The Hall–Kier alpha value is -1.65. The summed E-state index contributed by atoms with van der Waals surface area (Å²) in [4.78, 5) is 0. The van der Waals surface area contributed by atoms with Gasteiger partial charge in [-0.15, -0.1) is 0 Å². The molecule has 2 heterocycles. The molecule has 0 bridgehead atoms. The lowest BCUT2D eigenvalue weighted by Crippen LogP contribution is -2.17. The van der Waals surface area contributed by atoms with Crippen LogP contribution in [0.1, 0.15) is 29.3 Å². The van der Waals surface area contributed by atoms with Crippen LogP contribution in [-0.4, -0.2) is 20.3 Å². The van der Waals surface area contributed by atoms with E-state index in [1.165, 1.54) is 0 Å². The Bertz CT molecular complexity index is 638. The molecule has 2 aromatic rings. The van der Waals surface area contributed by atoms with Gasteiger partial charge >= 0.3 is 0 Å². The molecular weight excluding hydrogens is 290 g/mol. The topological polar surface area (TPSA) is 43.6 Å². The van der Waals surface area contributed by atoms with Crippen molar-refractivity contribution in [1.82, 2.24) is 5.32 Å². The van der Waals surface area contributed by atoms with E-state index in [2.05, 4.69) is 5.32 Å². The fraction of sp³-hybridized carbons (Fsp3) is 0.375. The number of ether oxygens (including phenoxy) is 2. The second kappa shape index (κ2) is 6.00. The van der Waals surface area contributed by atoms with Crippen LogP contribution in [0, 0.1) is 6.92 Å². The van der Waals surface area contributed by atoms with Gasteiger partial charge in [0.1, 0.15) is 5.76 Å². The highest BCUT2D eigenvalue weighted by molar-refractivity contribution is 6.31. The highest BCUT2D eigenvalue weighted by atomic mass is 35.5. The number of halogens is 1. The number of rotatable bonds is 3. The van der Waals surface area contributed by atoms with E-state index in [1.807, 2.05) is 32.2 Å². The van der Waals surface area contributed by atoms with Crippen molar-refractivity contribution in [3.05, 3.63) is 46.4 Å². The zero-order chi connectivity index (χ0) is 14.8. The van der Waals surface area contributed by atoms with Crippen LogP contribution in [0.15, 0.2) is 28.9 Å². The molecule has 0 saturated carbocycles. The van der Waals surface area contributed by atoms with E-state index in [1.54, 1.807) is 6.26 Å². The number of fused-ring (bicyclic) bond motifs is 1. The molecule has 1 unspecified atom stereocenters. The maximum absolute atomic E-state index is 6.44. The van der Waals surface area contributed by atoms with Crippen LogP contribution in [0.25, 0.3) is 0 Å². The summed E-state index contributed by atoms with van der Waals surface area (Å²) in [6.45, 7) is 3.23. The molecule has 1 aliphatic heterocycles. The second-order valence-electron chi connectivity index (χ2n) is 5.08. The van der Waals surface area contributed by atoms with E-state index in [4.69, 9.17) is 25.5 Å². The van der Waals surface area contributed by atoms with Crippen molar-refractivity contribution in [2.45, 2.75) is 19.4 Å². The number of furan rings is 1. The summed E-state index contributed by atoms with van der Waals surface area (Å²) < 4.78 is 16.8. The van der Waals surface area contributed by atoms with Crippen molar-refractivity contribution in [1.29, 1.82) is 0 Å². The molecule has 0 fully saturated rings. The van der Waals surface area contributed by atoms with Gasteiger partial charge in [-0.3, -0.25) is 0 Å². The summed E-state index contributed by atoms with van der Waals surface area (Å²) in [7, 11) is 1.90. The lowest BCUT2D eigenvalue weighted by atomic mass is 10.0. The fourth-order valence-corrected chi connectivity index (χ4v) is 2.80. The molecule has 0 amide bonds. The number of aryl methyl sites for hydroxylation is 1. The lowest BCUT2D eigenvalue weighted by Gasteiger charge is -2.18. The van der Waals surface area contributed by atoms with Crippen molar-refractivity contribution in [2.75, 3.05) is 20.3 Å². The molecule has 1 N–H and O–H groups in total. The number of hydrogen-bond donors (Lipinski definition) is 1. The monoisotopic (exact) mass is 307 g/mol. The predicted octanol–water partition coefficient (Wildman–Crippen LogP) is 3.71. The summed E-state index contributed by atoms with van der Waals surface area (Å²) in [6, 6.07) is 5.73. The Balaban J connectivity index is 2.02. The highest BCUT2D eigenvalue weighted by Gasteiger charge is 2.21. The largest absolute Gasteiger partial charge is 0.490 e. The molecule has 1 aliphatic rings. The van der Waals surface area contributed by atoms with Gasteiger partial charge in [0.05, 0.1) is 25.5 Å². The molecule has 0 saturated heterocycles. The third kappa shape index (κ3) is 2.87. The Morgan fingerprint density at radius 1 is 1.14 bits per heavy atom.